The molecule has 126 valence electrons. The minimum Gasteiger partial charge on any atom is -0.349 e. The molecule has 0 bridgehead atoms. The van der Waals surface area contributed by atoms with E-state index in [0.717, 1.165) is 0 Å². The van der Waals surface area contributed by atoms with Crippen LogP contribution in [0.5, 0.6) is 0 Å². The summed E-state index contributed by atoms with van der Waals surface area (Å²) in [6.45, 7) is 3.67. The fourth-order valence-corrected chi connectivity index (χ4v) is 4.25. The Labute approximate surface area is 136 Å². The van der Waals surface area contributed by atoms with E-state index >= 15 is 0 Å². The number of carbonyl (C=O) groups is 2. The highest BCUT2D eigenvalue weighted by Crippen LogP contribution is 2.18. The van der Waals surface area contributed by atoms with Crippen LogP contribution in [0.15, 0.2) is 18.3 Å². The number of nitrogens with zero attached hydrogens (tertiary/aromatic N) is 2. The van der Waals surface area contributed by atoms with E-state index in [9.17, 15) is 18.0 Å². The Kier molecular flexibility index (Phi) is 5.03. The van der Waals surface area contributed by atoms with Crippen molar-refractivity contribution in [2.75, 3.05) is 18.6 Å². The lowest BCUT2D eigenvalue weighted by Crippen LogP contribution is -2.38. The molecule has 1 atom stereocenters. The van der Waals surface area contributed by atoms with Crippen molar-refractivity contribution >= 4 is 21.7 Å². The average Bonchev–Trinajstić information content (AvgIpc) is 2.85. The third-order valence-electron chi connectivity index (χ3n) is 3.74. The lowest BCUT2D eigenvalue weighted by atomic mass is 10.1. The SMILES string of the molecule is CC(C)NC(=O)c1cc(C(=O)N(C)C2CCS(=O)(=O)C2)ccn1. The van der Waals surface area contributed by atoms with E-state index in [1.807, 2.05) is 13.8 Å². The summed E-state index contributed by atoms with van der Waals surface area (Å²) in [4.78, 5) is 29.9. The number of nitrogens with one attached hydrogen (secondary N) is 1. The predicted octanol–water partition coefficient (Wildman–Crippen LogP) is 0.479. The number of sulfone groups is 1. The summed E-state index contributed by atoms with van der Waals surface area (Å²) in [5.41, 5.74) is 0.484. The molecule has 2 amide bonds. The molecule has 0 aromatic carbocycles. The molecule has 23 heavy (non-hydrogen) atoms. The van der Waals surface area contributed by atoms with E-state index in [2.05, 4.69) is 10.3 Å². The summed E-state index contributed by atoms with van der Waals surface area (Å²) in [6, 6.07) is 2.60. The minimum atomic E-state index is -3.06. The van der Waals surface area contributed by atoms with Gasteiger partial charge in [-0.1, -0.05) is 0 Å². The number of hydrogen-bond acceptors (Lipinski definition) is 5. The van der Waals surface area contributed by atoms with Gasteiger partial charge in [0.2, 0.25) is 0 Å². The van der Waals surface area contributed by atoms with Gasteiger partial charge in [0.15, 0.2) is 9.84 Å². The zero-order valence-corrected chi connectivity index (χ0v) is 14.3. The van der Waals surface area contributed by atoms with Gasteiger partial charge in [0.05, 0.1) is 11.5 Å². The van der Waals surface area contributed by atoms with Crippen LogP contribution in [0.1, 0.15) is 41.1 Å². The van der Waals surface area contributed by atoms with Crippen LogP contribution in [0, 0.1) is 0 Å². The molecule has 0 saturated carbocycles. The number of pyridine rings is 1. The Morgan fingerprint density at radius 1 is 1.39 bits per heavy atom. The molecule has 1 aliphatic rings. The van der Waals surface area contributed by atoms with E-state index in [0.29, 0.717) is 12.0 Å². The third-order valence-corrected chi connectivity index (χ3v) is 5.49. The van der Waals surface area contributed by atoms with Crippen LogP contribution in [-0.2, 0) is 9.84 Å². The molecule has 1 N–H and O–H groups in total. The molecule has 1 saturated heterocycles. The van der Waals surface area contributed by atoms with Crippen LogP contribution in [0.3, 0.4) is 0 Å². The molecule has 1 aromatic heterocycles. The highest BCUT2D eigenvalue weighted by molar-refractivity contribution is 7.91. The zero-order chi connectivity index (χ0) is 17.2. The molecule has 2 rings (SSSR count). The molecule has 1 aliphatic heterocycles. The standard InChI is InChI=1S/C15H21N3O4S/c1-10(2)17-14(19)13-8-11(4-6-16-13)15(20)18(3)12-5-7-23(21,22)9-12/h4,6,8,10,12H,5,7,9H2,1-3H3,(H,17,19). The van der Waals surface area contributed by atoms with Crippen LogP contribution < -0.4 is 5.32 Å². The van der Waals surface area contributed by atoms with Gasteiger partial charge in [-0.05, 0) is 32.4 Å². The normalized spacial score (nSPS) is 19.6. The second-order valence-corrected chi connectivity index (χ2v) is 8.26. The zero-order valence-electron chi connectivity index (χ0n) is 13.4. The largest absolute Gasteiger partial charge is 0.349 e. The van der Waals surface area contributed by atoms with Gasteiger partial charge < -0.3 is 10.2 Å². The molecule has 0 spiro atoms. The predicted molar refractivity (Wildman–Crippen MR) is 86.0 cm³/mol. The molecule has 0 aliphatic carbocycles. The van der Waals surface area contributed by atoms with Crippen molar-refractivity contribution in [3.63, 3.8) is 0 Å². The van der Waals surface area contributed by atoms with Crippen LogP contribution in [0.25, 0.3) is 0 Å². The fourth-order valence-electron chi connectivity index (χ4n) is 2.47. The highest BCUT2D eigenvalue weighted by Gasteiger charge is 2.33. The van der Waals surface area contributed by atoms with Crippen molar-refractivity contribution in [2.24, 2.45) is 0 Å². The first kappa shape index (κ1) is 17.4. The maximum atomic E-state index is 12.5. The topological polar surface area (TPSA) is 96.4 Å². The first-order valence-electron chi connectivity index (χ1n) is 7.44. The first-order valence-corrected chi connectivity index (χ1v) is 9.26. The number of amides is 2. The van der Waals surface area contributed by atoms with Gasteiger partial charge in [-0.2, -0.15) is 0 Å². The molecular weight excluding hydrogens is 318 g/mol. The molecule has 7 nitrogen and oxygen atoms in total. The number of carbonyl (C=O) groups excluding carboxylic acids is 2. The summed E-state index contributed by atoms with van der Waals surface area (Å²) in [7, 11) is -1.48. The summed E-state index contributed by atoms with van der Waals surface area (Å²) >= 11 is 0. The van der Waals surface area contributed by atoms with E-state index < -0.39 is 9.84 Å². The Bertz CT molecular complexity index is 715. The van der Waals surface area contributed by atoms with Gasteiger partial charge in [0, 0.05) is 30.9 Å². The minimum absolute atomic E-state index is 0.0129. The van der Waals surface area contributed by atoms with Crippen molar-refractivity contribution in [1.82, 2.24) is 15.2 Å². The van der Waals surface area contributed by atoms with E-state index in [1.54, 1.807) is 7.05 Å². The molecular formula is C15H21N3O4S. The number of aromatic nitrogens is 1. The van der Waals surface area contributed by atoms with E-state index in [-0.39, 0.29) is 41.1 Å². The lowest BCUT2D eigenvalue weighted by Gasteiger charge is -2.23. The lowest BCUT2D eigenvalue weighted by molar-refractivity contribution is 0.0747. The second kappa shape index (κ2) is 6.66. The van der Waals surface area contributed by atoms with Crippen LogP contribution >= 0.6 is 0 Å². The number of hydrogen-bond donors (Lipinski definition) is 1. The third kappa shape index (κ3) is 4.28. The van der Waals surface area contributed by atoms with Gasteiger partial charge in [-0.15, -0.1) is 0 Å². The van der Waals surface area contributed by atoms with Crippen molar-refractivity contribution in [3.05, 3.63) is 29.6 Å². The average molecular weight is 339 g/mol. The summed E-state index contributed by atoms with van der Waals surface area (Å²) in [6.07, 6.45) is 1.85. The van der Waals surface area contributed by atoms with Gasteiger partial charge in [0.25, 0.3) is 11.8 Å². The molecule has 1 aromatic rings. The molecule has 2 heterocycles. The van der Waals surface area contributed by atoms with Gasteiger partial charge in [-0.25, -0.2) is 8.42 Å². The Morgan fingerprint density at radius 3 is 2.65 bits per heavy atom. The van der Waals surface area contributed by atoms with Gasteiger partial charge in [0.1, 0.15) is 5.69 Å². The van der Waals surface area contributed by atoms with Crippen LogP contribution in [0.2, 0.25) is 0 Å². The van der Waals surface area contributed by atoms with E-state index in [4.69, 9.17) is 0 Å². The second-order valence-electron chi connectivity index (χ2n) is 6.03. The summed E-state index contributed by atoms with van der Waals surface area (Å²) < 4.78 is 23.1. The van der Waals surface area contributed by atoms with E-state index in [1.165, 1.54) is 23.2 Å². The van der Waals surface area contributed by atoms with Crippen molar-refractivity contribution in [2.45, 2.75) is 32.4 Å². The van der Waals surface area contributed by atoms with Gasteiger partial charge >= 0.3 is 0 Å². The van der Waals surface area contributed by atoms with Crippen molar-refractivity contribution in [3.8, 4) is 0 Å². The van der Waals surface area contributed by atoms with Crippen molar-refractivity contribution in [1.29, 1.82) is 0 Å². The summed E-state index contributed by atoms with van der Waals surface area (Å²) in [5.74, 6) is -0.567. The molecule has 0 radical (unpaired) electrons. The molecule has 1 unspecified atom stereocenters. The fraction of sp³-hybridized carbons (Fsp3) is 0.533. The monoisotopic (exact) mass is 339 g/mol. The van der Waals surface area contributed by atoms with Gasteiger partial charge in [-0.3, -0.25) is 14.6 Å². The maximum absolute atomic E-state index is 12.5. The Morgan fingerprint density at radius 2 is 2.09 bits per heavy atom. The molecule has 1 fully saturated rings. The van der Waals surface area contributed by atoms with Crippen molar-refractivity contribution < 1.29 is 18.0 Å². The maximum Gasteiger partial charge on any atom is 0.270 e. The molecule has 8 heteroatoms. The first-order chi connectivity index (χ1) is 10.7. The highest BCUT2D eigenvalue weighted by atomic mass is 32.2. The van der Waals surface area contributed by atoms with Crippen LogP contribution in [0.4, 0.5) is 0 Å². The van der Waals surface area contributed by atoms with Crippen LogP contribution in [-0.4, -0.2) is 60.8 Å². The smallest absolute Gasteiger partial charge is 0.270 e. The Hall–Kier alpha value is -1.96. The Balaban J connectivity index is 2.15. The number of rotatable bonds is 4. The summed E-state index contributed by atoms with van der Waals surface area (Å²) in [5, 5.41) is 2.71. The quantitative estimate of drug-likeness (QED) is 0.860.